The molecule has 3 heterocycles. The van der Waals surface area contributed by atoms with Crippen LogP contribution in [0.2, 0.25) is 0 Å². The molecule has 0 fully saturated rings. The summed E-state index contributed by atoms with van der Waals surface area (Å²) in [7, 11) is 0. The second-order valence-electron chi connectivity index (χ2n) is 6.54. The second-order valence-corrected chi connectivity index (χ2v) is 6.54. The number of benzene rings is 2. The summed E-state index contributed by atoms with van der Waals surface area (Å²) in [5.41, 5.74) is 4.55. The Kier molecular flexibility index (Phi) is 3.04. The van der Waals surface area contributed by atoms with Gasteiger partial charge in [-0.3, -0.25) is 4.79 Å². The van der Waals surface area contributed by atoms with Crippen molar-refractivity contribution >= 4 is 16.8 Å². The number of fused-ring (bicyclic) bond motifs is 4. The number of ether oxygens (including phenoxy) is 2. The molecule has 0 saturated heterocycles. The Labute approximate surface area is 145 Å². The van der Waals surface area contributed by atoms with E-state index >= 15 is 0 Å². The lowest BCUT2D eigenvalue weighted by molar-refractivity contribution is -0.130. The summed E-state index contributed by atoms with van der Waals surface area (Å²) in [6.07, 6.45) is 0.861. The van der Waals surface area contributed by atoms with Gasteiger partial charge in [-0.2, -0.15) is 0 Å². The minimum atomic E-state index is -0.136. The minimum absolute atomic E-state index is 0.0759. The molecule has 25 heavy (non-hydrogen) atoms. The Hall–Kier alpha value is -2.95. The molecule has 0 aliphatic carbocycles. The van der Waals surface area contributed by atoms with Crippen molar-refractivity contribution in [2.45, 2.75) is 19.4 Å². The van der Waals surface area contributed by atoms with E-state index in [0.717, 1.165) is 34.7 Å². The average molecular weight is 334 g/mol. The topological polar surface area (TPSA) is 54.6 Å². The van der Waals surface area contributed by atoms with Crippen molar-refractivity contribution in [1.82, 2.24) is 9.88 Å². The van der Waals surface area contributed by atoms with Crippen LogP contribution in [0.5, 0.6) is 11.5 Å². The van der Waals surface area contributed by atoms with Crippen LogP contribution in [0.1, 0.15) is 29.8 Å². The maximum absolute atomic E-state index is 12.3. The predicted octanol–water partition coefficient (Wildman–Crippen LogP) is 3.39. The maximum Gasteiger partial charge on any atom is 0.231 e. The smallest absolute Gasteiger partial charge is 0.231 e. The van der Waals surface area contributed by atoms with Gasteiger partial charge in [0.15, 0.2) is 11.5 Å². The van der Waals surface area contributed by atoms with Crippen molar-refractivity contribution in [1.29, 1.82) is 0 Å². The third-order valence-electron chi connectivity index (χ3n) is 5.15. The molecule has 2 aromatic carbocycles. The molecule has 0 saturated carbocycles. The van der Waals surface area contributed by atoms with Crippen LogP contribution in [0, 0.1) is 0 Å². The average Bonchev–Trinajstić information content (AvgIpc) is 3.24. The number of hydrogen-bond donors (Lipinski definition) is 1. The number of carbonyl (C=O) groups is 1. The van der Waals surface area contributed by atoms with E-state index in [0.29, 0.717) is 6.54 Å². The van der Waals surface area contributed by atoms with Gasteiger partial charge in [-0.1, -0.05) is 24.3 Å². The molecule has 5 rings (SSSR count). The Balaban J connectivity index is 1.71. The molecule has 1 aromatic heterocycles. The van der Waals surface area contributed by atoms with E-state index in [-0.39, 0.29) is 18.7 Å². The summed E-state index contributed by atoms with van der Waals surface area (Å²) >= 11 is 0. The molecule has 126 valence electrons. The van der Waals surface area contributed by atoms with E-state index in [4.69, 9.17) is 9.47 Å². The van der Waals surface area contributed by atoms with Crippen LogP contribution < -0.4 is 9.47 Å². The SMILES string of the molecule is CC(=O)N1CCc2c([nH]c3ccccc23)[C@H]1c1ccc2c(c1)OCO2. The number of nitrogens with zero attached hydrogens (tertiary/aromatic N) is 1. The lowest BCUT2D eigenvalue weighted by atomic mass is 9.92. The molecular formula is C20H18N2O3. The van der Waals surface area contributed by atoms with E-state index in [1.807, 2.05) is 29.2 Å². The molecule has 0 unspecified atom stereocenters. The van der Waals surface area contributed by atoms with Crippen LogP contribution in [0.4, 0.5) is 0 Å². The first-order chi connectivity index (χ1) is 12.2. The third-order valence-corrected chi connectivity index (χ3v) is 5.15. The minimum Gasteiger partial charge on any atom is -0.454 e. The first kappa shape index (κ1) is 14.4. The normalized spacial score (nSPS) is 18.4. The van der Waals surface area contributed by atoms with Gasteiger partial charge in [-0.15, -0.1) is 0 Å². The molecule has 1 atom stereocenters. The van der Waals surface area contributed by atoms with Crippen LogP contribution in [0.15, 0.2) is 42.5 Å². The lowest BCUT2D eigenvalue weighted by Crippen LogP contribution is -2.39. The molecule has 0 spiro atoms. The van der Waals surface area contributed by atoms with Gasteiger partial charge >= 0.3 is 0 Å². The number of para-hydroxylation sites is 1. The summed E-state index contributed by atoms with van der Waals surface area (Å²) in [5.74, 6) is 1.57. The molecule has 1 amide bonds. The number of aromatic amines is 1. The molecule has 0 bridgehead atoms. The van der Waals surface area contributed by atoms with Gasteiger partial charge in [0.2, 0.25) is 12.7 Å². The summed E-state index contributed by atoms with van der Waals surface area (Å²) in [4.78, 5) is 17.8. The highest BCUT2D eigenvalue weighted by molar-refractivity contribution is 5.86. The Morgan fingerprint density at radius 1 is 1.16 bits per heavy atom. The summed E-state index contributed by atoms with van der Waals surface area (Å²) in [6.45, 7) is 2.59. The van der Waals surface area contributed by atoms with Crippen molar-refractivity contribution in [2.24, 2.45) is 0 Å². The van der Waals surface area contributed by atoms with E-state index in [1.165, 1.54) is 10.9 Å². The van der Waals surface area contributed by atoms with Gasteiger partial charge in [0.25, 0.3) is 0 Å². The van der Waals surface area contributed by atoms with Crippen LogP contribution in [-0.2, 0) is 11.2 Å². The number of nitrogens with one attached hydrogen (secondary N) is 1. The Morgan fingerprint density at radius 2 is 2.00 bits per heavy atom. The first-order valence-electron chi connectivity index (χ1n) is 8.48. The third kappa shape index (κ3) is 2.12. The van der Waals surface area contributed by atoms with Crippen molar-refractivity contribution in [3.8, 4) is 11.5 Å². The molecule has 3 aromatic rings. The summed E-state index contributed by atoms with van der Waals surface area (Å²) in [6, 6.07) is 14.1. The number of rotatable bonds is 1. The fourth-order valence-electron chi connectivity index (χ4n) is 4.01. The summed E-state index contributed by atoms with van der Waals surface area (Å²) in [5, 5.41) is 1.24. The molecule has 5 heteroatoms. The molecule has 5 nitrogen and oxygen atoms in total. The highest BCUT2D eigenvalue weighted by Crippen LogP contribution is 2.41. The number of aromatic nitrogens is 1. The standard InChI is InChI=1S/C20H18N2O3/c1-12(23)22-9-8-15-14-4-2-3-5-16(14)21-19(15)20(22)13-6-7-17-18(10-13)25-11-24-17/h2-7,10,20-21H,8-9,11H2,1H3/t20-/m1/s1. The van der Waals surface area contributed by atoms with Gasteiger partial charge in [0, 0.05) is 30.1 Å². The van der Waals surface area contributed by atoms with Crippen molar-refractivity contribution in [3.63, 3.8) is 0 Å². The Morgan fingerprint density at radius 3 is 2.88 bits per heavy atom. The molecule has 2 aliphatic heterocycles. The molecule has 2 aliphatic rings. The zero-order valence-electron chi connectivity index (χ0n) is 13.9. The fraction of sp³-hybridized carbons (Fsp3) is 0.250. The van der Waals surface area contributed by atoms with E-state index < -0.39 is 0 Å². The van der Waals surface area contributed by atoms with Crippen molar-refractivity contribution in [2.75, 3.05) is 13.3 Å². The van der Waals surface area contributed by atoms with Crippen molar-refractivity contribution < 1.29 is 14.3 Å². The maximum atomic E-state index is 12.3. The van der Waals surface area contributed by atoms with Crippen LogP contribution >= 0.6 is 0 Å². The highest BCUT2D eigenvalue weighted by atomic mass is 16.7. The first-order valence-corrected chi connectivity index (χ1v) is 8.48. The number of carbonyl (C=O) groups excluding carboxylic acids is 1. The zero-order chi connectivity index (χ0) is 17.0. The zero-order valence-corrected chi connectivity index (χ0v) is 13.9. The predicted molar refractivity (Wildman–Crippen MR) is 93.8 cm³/mol. The fourth-order valence-corrected chi connectivity index (χ4v) is 4.01. The number of amides is 1. The van der Waals surface area contributed by atoms with E-state index in [1.54, 1.807) is 6.92 Å². The van der Waals surface area contributed by atoms with Crippen LogP contribution in [-0.4, -0.2) is 29.1 Å². The second kappa shape index (κ2) is 5.28. The summed E-state index contributed by atoms with van der Waals surface area (Å²) < 4.78 is 11.0. The van der Waals surface area contributed by atoms with Gasteiger partial charge in [0.1, 0.15) is 0 Å². The van der Waals surface area contributed by atoms with Crippen molar-refractivity contribution in [3.05, 3.63) is 59.3 Å². The quantitative estimate of drug-likeness (QED) is 0.742. The van der Waals surface area contributed by atoms with Gasteiger partial charge in [-0.25, -0.2) is 0 Å². The van der Waals surface area contributed by atoms with E-state index in [9.17, 15) is 4.79 Å². The van der Waals surface area contributed by atoms with Gasteiger partial charge in [0.05, 0.1) is 6.04 Å². The molecule has 0 radical (unpaired) electrons. The van der Waals surface area contributed by atoms with Gasteiger partial charge in [-0.05, 0) is 35.7 Å². The van der Waals surface area contributed by atoms with E-state index in [2.05, 4.69) is 23.2 Å². The number of H-pyrrole nitrogens is 1. The number of hydrogen-bond acceptors (Lipinski definition) is 3. The monoisotopic (exact) mass is 334 g/mol. The van der Waals surface area contributed by atoms with Crippen LogP contribution in [0.3, 0.4) is 0 Å². The van der Waals surface area contributed by atoms with Gasteiger partial charge < -0.3 is 19.4 Å². The Bertz CT molecular complexity index is 992. The lowest BCUT2D eigenvalue weighted by Gasteiger charge is -2.35. The largest absolute Gasteiger partial charge is 0.454 e. The molecule has 1 N–H and O–H groups in total. The molecular weight excluding hydrogens is 316 g/mol. The highest BCUT2D eigenvalue weighted by Gasteiger charge is 2.33. The van der Waals surface area contributed by atoms with Crippen LogP contribution in [0.25, 0.3) is 10.9 Å².